The van der Waals surface area contributed by atoms with E-state index in [1.165, 1.54) is 23.9 Å². The predicted molar refractivity (Wildman–Crippen MR) is 112 cm³/mol. The van der Waals surface area contributed by atoms with E-state index in [2.05, 4.69) is 10.3 Å². The van der Waals surface area contributed by atoms with E-state index in [9.17, 15) is 14.9 Å². The lowest BCUT2D eigenvalue weighted by molar-refractivity contribution is -0.384. The molecule has 0 saturated heterocycles. The minimum Gasteiger partial charge on any atom is -0.489 e. The zero-order valence-electron chi connectivity index (χ0n) is 15.6. The Bertz CT molecular complexity index is 963. The normalized spacial score (nSPS) is 11.5. The Morgan fingerprint density at radius 1 is 1.17 bits per heavy atom. The number of nitrogens with one attached hydrogen (secondary N) is 1. The van der Waals surface area contributed by atoms with Crippen molar-refractivity contribution in [1.29, 1.82) is 0 Å². The van der Waals surface area contributed by atoms with Crippen LogP contribution in [0.3, 0.4) is 0 Å². The maximum Gasteiger partial charge on any atom is 0.269 e. The lowest BCUT2D eigenvalue weighted by Crippen LogP contribution is -2.22. The van der Waals surface area contributed by atoms with Crippen LogP contribution in [0.15, 0.2) is 78.0 Å². The van der Waals surface area contributed by atoms with E-state index in [0.717, 1.165) is 10.5 Å². The fraction of sp³-hybridized carbons (Fsp3) is 0.143. The number of nitro benzene ring substituents is 1. The summed E-state index contributed by atoms with van der Waals surface area (Å²) in [6.45, 7) is 2.20. The fourth-order valence-corrected chi connectivity index (χ4v) is 3.30. The number of hydrogen-bond donors (Lipinski definition) is 1. The van der Waals surface area contributed by atoms with Crippen LogP contribution in [0.25, 0.3) is 0 Å². The van der Waals surface area contributed by atoms with Gasteiger partial charge < -0.3 is 10.1 Å². The number of non-ortho nitro benzene ring substituents is 1. The number of thioether (sulfide) groups is 1. The van der Waals surface area contributed by atoms with Gasteiger partial charge in [-0.1, -0.05) is 6.07 Å². The molecule has 148 valence electrons. The molecule has 1 heterocycles. The van der Waals surface area contributed by atoms with Crippen LogP contribution in [-0.2, 0) is 11.4 Å². The number of aromatic nitrogens is 1. The van der Waals surface area contributed by atoms with Gasteiger partial charge in [0.2, 0.25) is 5.91 Å². The molecule has 0 bridgehead atoms. The number of ether oxygens (including phenoxy) is 1. The number of benzene rings is 2. The van der Waals surface area contributed by atoms with Crippen molar-refractivity contribution < 1.29 is 14.5 Å². The smallest absolute Gasteiger partial charge is 0.269 e. The molecule has 29 heavy (non-hydrogen) atoms. The van der Waals surface area contributed by atoms with E-state index in [-0.39, 0.29) is 16.8 Å². The molecule has 0 saturated carbocycles. The Hall–Kier alpha value is -3.39. The van der Waals surface area contributed by atoms with Crippen molar-refractivity contribution in [3.63, 3.8) is 0 Å². The van der Waals surface area contributed by atoms with Crippen LogP contribution in [0.4, 0.5) is 11.4 Å². The highest BCUT2D eigenvalue weighted by Crippen LogP contribution is 2.26. The van der Waals surface area contributed by atoms with E-state index in [0.29, 0.717) is 18.0 Å². The van der Waals surface area contributed by atoms with Crippen molar-refractivity contribution in [2.45, 2.75) is 23.7 Å². The maximum absolute atomic E-state index is 12.4. The monoisotopic (exact) mass is 409 g/mol. The number of amides is 1. The highest BCUT2D eigenvalue weighted by atomic mass is 32.2. The summed E-state index contributed by atoms with van der Waals surface area (Å²) in [6, 6.07) is 17.1. The summed E-state index contributed by atoms with van der Waals surface area (Å²) < 4.78 is 5.70. The number of pyridine rings is 1. The number of anilines is 1. The molecule has 3 aromatic rings. The zero-order valence-corrected chi connectivity index (χ0v) is 16.5. The van der Waals surface area contributed by atoms with Gasteiger partial charge in [-0.15, -0.1) is 11.8 Å². The van der Waals surface area contributed by atoms with Gasteiger partial charge in [0.15, 0.2) is 0 Å². The Labute approximate surface area is 172 Å². The van der Waals surface area contributed by atoms with E-state index < -0.39 is 4.92 Å². The van der Waals surface area contributed by atoms with Gasteiger partial charge in [0.25, 0.3) is 5.69 Å². The second-order valence-corrected chi connectivity index (χ2v) is 7.59. The number of nitro groups is 1. The van der Waals surface area contributed by atoms with E-state index in [4.69, 9.17) is 4.74 Å². The third-order valence-electron chi connectivity index (χ3n) is 3.98. The SMILES string of the molecule is CC(Sc1ccc([N+](=O)[O-])cc1)C(=O)Nc1ccc(OCc2cccnc2)cc1. The quantitative estimate of drug-likeness (QED) is 0.330. The molecule has 0 aliphatic heterocycles. The summed E-state index contributed by atoms with van der Waals surface area (Å²) in [4.78, 5) is 27.5. The summed E-state index contributed by atoms with van der Waals surface area (Å²) in [5.74, 6) is 0.539. The molecule has 3 rings (SSSR count). The van der Waals surface area contributed by atoms with Gasteiger partial charge >= 0.3 is 0 Å². The molecule has 8 heteroatoms. The van der Waals surface area contributed by atoms with Crippen LogP contribution in [0.1, 0.15) is 12.5 Å². The minimum atomic E-state index is -0.450. The van der Waals surface area contributed by atoms with Crippen molar-refractivity contribution in [3.8, 4) is 5.75 Å². The van der Waals surface area contributed by atoms with Gasteiger partial charge in [0.1, 0.15) is 12.4 Å². The highest BCUT2D eigenvalue weighted by Gasteiger charge is 2.15. The molecule has 1 atom stereocenters. The average molecular weight is 409 g/mol. The molecule has 1 amide bonds. The van der Waals surface area contributed by atoms with Gasteiger partial charge in [0, 0.05) is 40.7 Å². The Kier molecular flexibility index (Phi) is 6.80. The van der Waals surface area contributed by atoms with Crippen LogP contribution in [0.5, 0.6) is 5.75 Å². The zero-order chi connectivity index (χ0) is 20.6. The molecule has 1 unspecified atom stereocenters. The molecular weight excluding hydrogens is 390 g/mol. The Morgan fingerprint density at radius 3 is 2.52 bits per heavy atom. The van der Waals surface area contributed by atoms with Crippen LogP contribution >= 0.6 is 11.8 Å². The van der Waals surface area contributed by atoms with Crippen LogP contribution in [0, 0.1) is 10.1 Å². The molecule has 0 aliphatic carbocycles. The molecule has 0 radical (unpaired) electrons. The van der Waals surface area contributed by atoms with Crippen molar-refractivity contribution in [3.05, 3.63) is 88.7 Å². The highest BCUT2D eigenvalue weighted by molar-refractivity contribution is 8.00. The first-order valence-corrected chi connectivity index (χ1v) is 9.73. The maximum atomic E-state index is 12.4. The fourth-order valence-electron chi connectivity index (χ4n) is 2.43. The van der Waals surface area contributed by atoms with Gasteiger partial charge in [0.05, 0.1) is 10.2 Å². The number of carbonyl (C=O) groups is 1. The minimum absolute atomic E-state index is 0.0253. The molecule has 0 aliphatic rings. The molecule has 0 fully saturated rings. The van der Waals surface area contributed by atoms with Gasteiger partial charge in [-0.3, -0.25) is 19.9 Å². The number of nitrogens with zero attached hydrogens (tertiary/aromatic N) is 2. The molecular formula is C21H19N3O4S. The van der Waals surface area contributed by atoms with E-state index >= 15 is 0 Å². The van der Waals surface area contributed by atoms with Gasteiger partial charge in [-0.05, 0) is 49.4 Å². The van der Waals surface area contributed by atoms with E-state index in [1.54, 1.807) is 55.7 Å². The summed E-state index contributed by atoms with van der Waals surface area (Å²) in [5.41, 5.74) is 1.67. The third kappa shape index (κ3) is 6.05. The first kappa shape index (κ1) is 20.3. The number of hydrogen-bond acceptors (Lipinski definition) is 6. The number of carbonyl (C=O) groups excluding carboxylic acids is 1. The van der Waals surface area contributed by atoms with Crippen molar-refractivity contribution in [1.82, 2.24) is 4.98 Å². The van der Waals surface area contributed by atoms with E-state index in [1.807, 2.05) is 12.1 Å². The largest absolute Gasteiger partial charge is 0.489 e. The Morgan fingerprint density at radius 2 is 1.90 bits per heavy atom. The Balaban J connectivity index is 1.51. The van der Waals surface area contributed by atoms with Crippen LogP contribution < -0.4 is 10.1 Å². The van der Waals surface area contributed by atoms with Crippen molar-refractivity contribution >= 4 is 29.0 Å². The summed E-state index contributed by atoms with van der Waals surface area (Å²) in [5, 5.41) is 13.2. The predicted octanol–water partition coefficient (Wildman–Crippen LogP) is 4.69. The summed E-state index contributed by atoms with van der Waals surface area (Å²) in [6.07, 6.45) is 3.46. The molecule has 0 spiro atoms. The second-order valence-electron chi connectivity index (χ2n) is 6.17. The molecule has 7 nitrogen and oxygen atoms in total. The van der Waals surface area contributed by atoms with Crippen molar-refractivity contribution in [2.24, 2.45) is 0 Å². The molecule has 1 aromatic heterocycles. The first-order valence-electron chi connectivity index (χ1n) is 8.85. The van der Waals surface area contributed by atoms with Crippen LogP contribution in [0.2, 0.25) is 0 Å². The van der Waals surface area contributed by atoms with Crippen molar-refractivity contribution in [2.75, 3.05) is 5.32 Å². The van der Waals surface area contributed by atoms with Crippen LogP contribution in [-0.4, -0.2) is 21.1 Å². The third-order valence-corrected chi connectivity index (χ3v) is 5.09. The standard InChI is InChI=1S/C21H19N3O4S/c1-15(29-20-10-6-18(7-11-20)24(26)27)21(25)23-17-4-8-19(9-5-17)28-14-16-3-2-12-22-13-16/h2-13,15H,14H2,1H3,(H,23,25). The summed E-state index contributed by atoms with van der Waals surface area (Å²) in [7, 11) is 0. The lowest BCUT2D eigenvalue weighted by Gasteiger charge is -2.12. The topological polar surface area (TPSA) is 94.4 Å². The molecule has 2 aromatic carbocycles. The number of rotatable bonds is 8. The molecule has 1 N–H and O–H groups in total. The lowest BCUT2D eigenvalue weighted by atomic mass is 10.3. The average Bonchev–Trinajstić information content (AvgIpc) is 2.74. The van der Waals surface area contributed by atoms with Gasteiger partial charge in [-0.2, -0.15) is 0 Å². The first-order chi connectivity index (χ1) is 14.0. The summed E-state index contributed by atoms with van der Waals surface area (Å²) >= 11 is 1.33. The second kappa shape index (κ2) is 9.70. The van der Waals surface area contributed by atoms with Gasteiger partial charge in [-0.25, -0.2) is 0 Å².